The summed E-state index contributed by atoms with van der Waals surface area (Å²) in [5, 5.41) is 19.3. The molecule has 0 spiro atoms. The topological polar surface area (TPSA) is 113 Å². The van der Waals surface area contributed by atoms with Crippen molar-refractivity contribution in [2.24, 2.45) is 5.92 Å². The third kappa shape index (κ3) is 5.30. The van der Waals surface area contributed by atoms with Gasteiger partial charge in [-0.05, 0) is 37.8 Å². The third-order valence-electron chi connectivity index (χ3n) is 4.82. The molecule has 1 fully saturated rings. The van der Waals surface area contributed by atoms with Gasteiger partial charge >= 0.3 is 0 Å². The largest absolute Gasteiger partial charge is 0.354 e. The van der Waals surface area contributed by atoms with Crippen LogP contribution < -0.4 is 10.6 Å². The normalized spacial score (nSPS) is 18.9. The molecule has 0 bridgehead atoms. The fourth-order valence-corrected chi connectivity index (χ4v) is 3.42. The Bertz CT molecular complexity index is 865. The number of carbonyl (C=O) groups is 2. The van der Waals surface area contributed by atoms with E-state index in [4.69, 9.17) is 16.9 Å². The molecule has 2 aromatic heterocycles. The van der Waals surface area contributed by atoms with E-state index in [2.05, 4.69) is 20.7 Å². The summed E-state index contributed by atoms with van der Waals surface area (Å²) in [7, 11) is 0. The fraction of sp³-hybridized carbons (Fsp3) is 0.421. The predicted molar refractivity (Wildman–Crippen MR) is 102 cm³/mol. The molecule has 8 nitrogen and oxygen atoms in total. The van der Waals surface area contributed by atoms with Crippen LogP contribution >= 0.6 is 11.6 Å². The first-order valence-electron chi connectivity index (χ1n) is 9.18. The third-order valence-corrected chi connectivity index (χ3v) is 5.01. The molecule has 2 aromatic rings. The van der Waals surface area contributed by atoms with Crippen molar-refractivity contribution < 1.29 is 9.59 Å². The second-order valence-electron chi connectivity index (χ2n) is 6.78. The van der Waals surface area contributed by atoms with Crippen molar-refractivity contribution in [1.29, 1.82) is 5.26 Å². The molecule has 28 heavy (non-hydrogen) atoms. The van der Waals surface area contributed by atoms with Gasteiger partial charge in [0.15, 0.2) is 0 Å². The Hall–Kier alpha value is -2.92. The molecule has 3 rings (SSSR count). The van der Waals surface area contributed by atoms with Crippen molar-refractivity contribution in [3.8, 4) is 6.07 Å². The quantitative estimate of drug-likeness (QED) is 0.769. The zero-order valence-corrected chi connectivity index (χ0v) is 16.0. The van der Waals surface area contributed by atoms with Gasteiger partial charge < -0.3 is 10.6 Å². The lowest BCUT2D eigenvalue weighted by Gasteiger charge is -2.28. The molecule has 0 unspecified atom stereocenters. The summed E-state index contributed by atoms with van der Waals surface area (Å²) in [4.78, 5) is 28.5. The van der Waals surface area contributed by atoms with Gasteiger partial charge in [-0.15, -0.1) is 0 Å². The molecule has 1 saturated carbocycles. The molecule has 2 heterocycles. The minimum absolute atomic E-state index is 0.0362. The Morgan fingerprint density at radius 2 is 2.04 bits per heavy atom. The Morgan fingerprint density at radius 1 is 1.25 bits per heavy atom. The van der Waals surface area contributed by atoms with Gasteiger partial charge in [-0.2, -0.15) is 10.4 Å². The number of rotatable bonds is 6. The Balaban J connectivity index is 1.39. The highest BCUT2D eigenvalue weighted by molar-refractivity contribution is 6.30. The summed E-state index contributed by atoms with van der Waals surface area (Å²) in [5.74, 6) is -0.201. The molecule has 146 valence electrons. The molecule has 0 atom stereocenters. The maximum atomic E-state index is 12.3. The average Bonchev–Trinajstić information content (AvgIpc) is 3.13. The van der Waals surface area contributed by atoms with E-state index >= 15 is 0 Å². The second-order valence-corrected chi connectivity index (χ2v) is 7.22. The molecular weight excluding hydrogens is 380 g/mol. The van der Waals surface area contributed by atoms with Gasteiger partial charge in [-0.3, -0.25) is 14.3 Å². The van der Waals surface area contributed by atoms with E-state index < -0.39 is 0 Å². The van der Waals surface area contributed by atoms with Gasteiger partial charge in [0.2, 0.25) is 5.91 Å². The lowest BCUT2D eigenvalue weighted by atomic mass is 9.85. The van der Waals surface area contributed by atoms with E-state index in [0.717, 1.165) is 25.7 Å². The maximum Gasteiger partial charge on any atom is 0.253 e. The second kappa shape index (κ2) is 9.33. The first-order valence-corrected chi connectivity index (χ1v) is 9.55. The summed E-state index contributed by atoms with van der Waals surface area (Å²) < 4.78 is 1.69. The van der Waals surface area contributed by atoms with E-state index in [9.17, 15) is 9.59 Å². The van der Waals surface area contributed by atoms with Gasteiger partial charge in [0.25, 0.3) is 5.91 Å². The van der Waals surface area contributed by atoms with Crippen molar-refractivity contribution in [2.75, 3.05) is 6.54 Å². The van der Waals surface area contributed by atoms with Crippen molar-refractivity contribution >= 4 is 23.4 Å². The molecule has 0 aromatic carbocycles. The standard InChI is InChI=1S/C19H21ClN6O2/c20-15-11-24-26(12-15)8-7-22-18(27)13-1-4-16(5-2-13)25-19(28)14-3-6-17(9-21)23-10-14/h3,6,10-13,16H,1-2,4-5,7-8H2,(H,22,27)(H,25,28). The number of nitrogens with one attached hydrogen (secondary N) is 2. The maximum absolute atomic E-state index is 12.3. The lowest BCUT2D eigenvalue weighted by Crippen LogP contribution is -2.41. The monoisotopic (exact) mass is 400 g/mol. The van der Waals surface area contributed by atoms with Crippen LogP contribution in [-0.2, 0) is 11.3 Å². The highest BCUT2D eigenvalue weighted by atomic mass is 35.5. The van der Waals surface area contributed by atoms with Crippen LogP contribution in [0.4, 0.5) is 0 Å². The zero-order valence-electron chi connectivity index (χ0n) is 15.3. The number of carbonyl (C=O) groups excluding carboxylic acids is 2. The van der Waals surface area contributed by atoms with Gasteiger partial charge in [0, 0.05) is 30.9 Å². The van der Waals surface area contributed by atoms with Crippen LogP contribution in [0.1, 0.15) is 41.7 Å². The summed E-state index contributed by atoms with van der Waals surface area (Å²) >= 11 is 5.81. The highest BCUT2D eigenvalue weighted by Crippen LogP contribution is 2.24. The van der Waals surface area contributed by atoms with Gasteiger partial charge in [0.1, 0.15) is 11.8 Å². The van der Waals surface area contributed by atoms with Gasteiger partial charge in [-0.1, -0.05) is 11.6 Å². The van der Waals surface area contributed by atoms with Crippen molar-refractivity contribution in [3.63, 3.8) is 0 Å². The number of hydrogen-bond donors (Lipinski definition) is 2. The molecule has 9 heteroatoms. The summed E-state index contributed by atoms with van der Waals surface area (Å²) in [6.45, 7) is 1.07. The molecular formula is C19H21ClN6O2. The zero-order chi connectivity index (χ0) is 19.9. The number of hydrogen-bond acceptors (Lipinski definition) is 5. The van der Waals surface area contributed by atoms with E-state index in [0.29, 0.717) is 23.7 Å². The van der Waals surface area contributed by atoms with Crippen LogP contribution in [0.2, 0.25) is 5.02 Å². The summed E-state index contributed by atoms with van der Waals surface area (Å²) in [6.07, 6.45) is 7.65. The van der Waals surface area contributed by atoms with E-state index in [-0.39, 0.29) is 29.5 Å². The van der Waals surface area contributed by atoms with Crippen LogP contribution in [0, 0.1) is 17.2 Å². The molecule has 2 amide bonds. The molecule has 2 N–H and O–H groups in total. The first kappa shape index (κ1) is 19.8. The Kier molecular flexibility index (Phi) is 6.61. The lowest BCUT2D eigenvalue weighted by molar-refractivity contribution is -0.126. The van der Waals surface area contributed by atoms with Crippen LogP contribution in [-0.4, -0.2) is 39.2 Å². The average molecular weight is 401 g/mol. The van der Waals surface area contributed by atoms with Crippen molar-refractivity contribution in [2.45, 2.75) is 38.3 Å². The predicted octanol–water partition coefficient (Wildman–Crippen LogP) is 1.91. The number of nitriles is 1. The van der Waals surface area contributed by atoms with E-state index in [1.807, 2.05) is 6.07 Å². The fourth-order valence-electron chi connectivity index (χ4n) is 3.26. The number of amides is 2. The molecule has 1 aliphatic rings. The smallest absolute Gasteiger partial charge is 0.253 e. The first-order chi connectivity index (χ1) is 13.5. The number of halogens is 1. The minimum Gasteiger partial charge on any atom is -0.354 e. The van der Waals surface area contributed by atoms with Crippen LogP contribution in [0.3, 0.4) is 0 Å². The SMILES string of the molecule is N#Cc1ccc(C(=O)NC2CCC(C(=O)NCCn3cc(Cl)cn3)CC2)cn1. The van der Waals surface area contributed by atoms with Crippen LogP contribution in [0.25, 0.3) is 0 Å². The van der Waals surface area contributed by atoms with Crippen molar-refractivity contribution in [3.05, 3.63) is 47.0 Å². The number of nitrogens with zero attached hydrogens (tertiary/aromatic N) is 4. The van der Waals surface area contributed by atoms with E-state index in [1.54, 1.807) is 23.1 Å². The highest BCUT2D eigenvalue weighted by Gasteiger charge is 2.27. The van der Waals surface area contributed by atoms with Crippen molar-refractivity contribution in [1.82, 2.24) is 25.4 Å². The molecule has 0 saturated heterocycles. The Morgan fingerprint density at radius 3 is 2.64 bits per heavy atom. The molecule has 1 aliphatic carbocycles. The summed E-state index contributed by atoms with van der Waals surface area (Å²) in [5.41, 5.74) is 0.705. The van der Waals surface area contributed by atoms with Crippen LogP contribution in [0.5, 0.6) is 0 Å². The van der Waals surface area contributed by atoms with E-state index in [1.165, 1.54) is 12.3 Å². The molecule has 0 aliphatic heterocycles. The Labute approximate surface area is 167 Å². The van der Waals surface area contributed by atoms with Crippen LogP contribution in [0.15, 0.2) is 30.7 Å². The minimum atomic E-state index is -0.206. The van der Waals surface area contributed by atoms with Gasteiger partial charge in [0.05, 0.1) is 23.3 Å². The van der Waals surface area contributed by atoms with Gasteiger partial charge in [-0.25, -0.2) is 4.98 Å². The summed E-state index contributed by atoms with van der Waals surface area (Å²) in [6, 6.07) is 5.07. The molecule has 0 radical (unpaired) electrons. The number of aromatic nitrogens is 3. The number of pyridine rings is 1.